The molecule has 1 aromatic carbocycles. The summed E-state index contributed by atoms with van der Waals surface area (Å²) in [7, 11) is 0. The van der Waals surface area contributed by atoms with Gasteiger partial charge in [0.15, 0.2) is 6.61 Å². The van der Waals surface area contributed by atoms with E-state index in [1.807, 2.05) is 13.8 Å². The highest BCUT2D eigenvalue weighted by atomic mass is 16.5. The van der Waals surface area contributed by atoms with Crippen molar-refractivity contribution in [3.63, 3.8) is 0 Å². The fourth-order valence-corrected chi connectivity index (χ4v) is 2.28. The van der Waals surface area contributed by atoms with Crippen molar-refractivity contribution in [2.24, 2.45) is 0 Å². The summed E-state index contributed by atoms with van der Waals surface area (Å²) in [5.41, 5.74) is 0.296. The summed E-state index contributed by atoms with van der Waals surface area (Å²) in [5.74, 6) is -0.749. The molecule has 0 aromatic heterocycles. The molecule has 6 nitrogen and oxygen atoms in total. The lowest BCUT2D eigenvalue weighted by Gasteiger charge is -2.35. The van der Waals surface area contributed by atoms with Crippen LogP contribution in [0.5, 0.6) is 5.75 Å². The van der Waals surface area contributed by atoms with Gasteiger partial charge in [-0.05, 0) is 38.1 Å². The lowest BCUT2D eigenvalue weighted by Crippen LogP contribution is -2.49. The Hall–Kier alpha value is -2.08. The summed E-state index contributed by atoms with van der Waals surface area (Å²) < 4.78 is 10.5. The Morgan fingerprint density at radius 2 is 1.81 bits per heavy atom. The highest BCUT2D eigenvalue weighted by molar-refractivity contribution is 5.91. The van der Waals surface area contributed by atoms with Crippen molar-refractivity contribution in [3.05, 3.63) is 29.8 Å². The van der Waals surface area contributed by atoms with Crippen LogP contribution < -0.4 is 0 Å². The van der Waals surface area contributed by atoms with E-state index in [4.69, 9.17) is 14.6 Å². The highest BCUT2D eigenvalue weighted by Gasteiger charge is 2.26. The van der Waals surface area contributed by atoms with Crippen LogP contribution in [0.2, 0.25) is 0 Å². The van der Waals surface area contributed by atoms with E-state index in [-0.39, 0.29) is 30.5 Å². The van der Waals surface area contributed by atoms with Crippen LogP contribution in [0.3, 0.4) is 0 Å². The molecule has 1 N–H and O–H groups in total. The Bertz CT molecular complexity index is 503. The topological polar surface area (TPSA) is 76.1 Å². The van der Waals surface area contributed by atoms with E-state index in [0.717, 1.165) is 0 Å². The van der Waals surface area contributed by atoms with Crippen LogP contribution >= 0.6 is 0 Å². The maximum absolute atomic E-state index is 12.0. The molecule has 114 valence electrons. The molecule has 0 bridgehead atoms. The van der Waals surface area contributed by atoms with Crippen LogP contribution in [0.15, 0.2) is 24.3 Å². The van der Waals surface area contributed by atoms with E-state index in [0.29, 0.717) is 18.7 Å². The molecule has 0 aliphatic carbocycles. The standard InChI is InChI=1S/C15H19NO5/c1-10-7-16(8-11(2)21-10)14(18)9-20-15(19)12-3-5-13(17)6-4-12/h3-6,10-11,17H,7-9H2,1-2H3/t10-,11-/m1/s1. The van der Waals surface area contributed by atoms with Gasteiger partial charge in [-0.15, -0.1) is 0 Å². The summed E-state index contributed by atoms with van der Waals surface area (Å²) in [6.45, 7) is 4.51. The number of carbonyl (C=O) groups excluding carboxylic acids is 2. The third-order valence-corrected chi connectivity index (χ3v) is 3.20. The molecule has 1 fully saturated rings. The fourth-order valence-electron chi connectivity index (χ4n) is 2.28. The van der Waals surface area contributed by atoms with Crippen molar-refractivity contribution in [2.45, 2.75) is 26.1 Å². The van der Waals surface area contributed by atoms with Gasteiger partial charge in [0, 0.05) is 13.1 Å². The summed E-state index contributed by atoms with van der Waals surface area (Å²) >= 11 is 0. The maximum Gasteiger partial charge on any atom is 0.338 e. The molecule has 0 unspecified atom stereocenters. The first kappa shape index (κ1) is 15.3. The van der Waals surface area contributed by atoms with Crippen molar-refractivity contribution in [3.8, 4) is 5.75 Å². The number of carbonyl (C=O) groups is 2. The molecule has 1 aliphatic rings. The minimum absolute atomic E-state index is 0.0227. The summed E-state index contributed by atoms with van der Waals surface area (Å²) in [6, 6.07) is 5.68. The minimum Gasteiger partial charge on any atom is -0.508 e. The molecule has 21 heavy (non-hydrogen) atoms. The largest absolute Gasteiger partial charge is 0.508 e. The van der Waals surface area contributed by atoms with Crippen molar-refractivity contribution < 1.29 is 24.2 Å². The van der Waals surface area contributed by atoms with Gasteiger partial charge in [0.05, 0.1) is 17.8 Å². The fraction of sp³-hybridized carbons (Fsp3) is 0.467. The molecule has 2 rings (SSSR count). The summed E-state index contributed by atoms with van der Waals surface area (Å²) in [4.78, 5) is 25.4. The maximum atomic E-state index is 12.0. The monoisotopic (exact) mass is 293 g/mol. The van der Waals surface area contributed by atoms with Crippen molar-refractivity contribution in [2.75, 3.05) is 19.7 Å². The number of rotatable bonds is 3. The Kier molecular flexibility index (Phi) is 4.80. The second kappa shape index (κ2) is 6.58. The van der Waals surface area contributed by atoms with Crippen LogP contribution in [0, 0.1) is 0 Å². The minimum atomic E-state index is -0.585. The van der Waals surface area contributed by atoms with Crippen LogP contribution in [0.25, 0.3) is 0 Å². The average molecular weight is 293 g/mol. The lowest BCUT2D eigenvalue weighted by atomic mass is 10.2. The van der Waals surface area contributed by atoms with E-state index in [9.17, 15) is 9.59 Å². The van der Waals surface area contributed by atoms with Crippen LogP contribution in [0.4, 0.5) is 0 Å². The average Bonchev–Trinajstić information content (AvgIpc) is 2.44. The zero-order chi connectivity index (χ0) is 15.4. The number of nitrogens with zero attached hydrogens (tertiary/aromatic N) is 1. The van der Waals surface area contributed by atoms with Gasteiger partial charge in [0.1, 0.15) is 5.75 Å². The Morgan fingerprint density at radius 1 is 1.24 bits per heavy atom. The van der Waals surface area contributed by atoms with Gasteiger partial charge in [-0.3, -0.25) is 4.79 Å². The van der Waals surface area contributed by atoms with Gasteiger partial charge in [0.25, 0.3) is 5.91 Å². The normalized spacial score (nSPS) is 21.9. The molecule has 0 radical (unpaired) electrons. The number of esters is 1. The molecule has 1 saturated heterocycles. The van der Waals surface area contributed by atoms with E-state index in [2.05, 4.69) is 0 Å². The number of hydrogen-bond donors (Lipinski definition) is 1. The van der Waals surface area contributed by atoms with Crippen molar-refractivity contribution >= 4 is 11.9 Å². The van der Waals surface area contributed by atoms with Gasteiger partial charge >= 0.3 is 5.97 Å². The second-order valence-corrected chi connectivity index (χ2v) is 5.18. The van der Waals surface area contributed by atoms with Crippen LogP contribution in [-0.4, -0.2) is 53.8 Å². The second-order valence-electron chi connectivity index (χ2n) is 5.18. The molecule has 1 heterocycles. The Balaban J connectivity index is 1.86. The zero-order valence-corrected chi connectivity index (χ0v) is 12.1. The molecule has 1 aromatic rings. The number of amides is 1. The number of ether oxygens (including phenoxy) is 2. The highest BCUT2D eigenvalue weighted by Crippen LogP contribution is 2.12. The Labute approximate surface area is 123 Å². The van der Waals surface area contributed by atoms with Crippen LogP contribution in [-0.2, 0) is 14.3 Å². The number of benzene rings is 1. The predicted octanol–water partition coefficient (Wildman–Crippen LogP) is 1.18. The lowest BCUT2D eigenvalue weighted by molar-refractivity contribution is -0.146. The van der Waals surface area contributed by atoms with Gasteiger partial charge in [0.2, 0.25) is 0 Å². The molecule has 6 heteroatoms. The predicted molar refractivity (Wildman–Crippen MR) is 75.0 cm³/mol. The number of aromatic hydroxyl groups is 1. The first-order valence-corrected chi connectivity index (χ1v) is 6.85. The first-order valence-electron chi connectivity index (χ1n) is 6.85. The third kappa shape index (κ3) is 4.19. The molecular formula is C15H19NO5. The molecular weight excluding hydrogens is 274 g/mol. The van der Waals surface area contributed by atoms with E-state index in [1.165, 1.54) is 24.3 Å². The number of hydrogen-bond acceptors (Lipinski definition) is 5. The summed E-state index contributed by atoms with van der Waals surface area (Å²) in [5, 5.41) is 9.15. The van der Waals surface area contributed by atoms with E-state index in [1.54, 1.807) is 4.90 Å². The molecule has 1 amide bonds. The first-order chi connectivity index (χ1) is 9.95. The molecule has 1 aliphatic heterocycles. The smallest absolute Gasteiger partial charge is 0.338 e. The molecule has 2 atom stereocenters. The van der Waals surface area contributed by atoms with E-state index >= 15 is 0 Å². The van der Waals surface area contributed by atoms with E-state index < -0.39 is 5.97 Å². The summed E-state index contributed by atoms with van der Waals surface area (Å²) in [6.07, 6.45) is -0.0454. The molecule has 0 saturated carbocycles. The Morgan fingerprint density at radius 3 is 2.38 bits per heavy atom. The molecule has 0 spiro atoms. The SMILES string of the molecule is C[C@@H]1CN(C(=O)COC(=O)c2ccc(O)cc2)C[C@@H](C)O1. The van der Waals surface area contributed by atoms with Crippen molar-refractivity contribution in [1.29, 1.82) is 0 Å². The van der Waals surface area contributed by atoms with Gasteiger partial charge in [-0.2, -0.15) is 0 Å². The van der Waals surface area contributed by atoms with Gasteiger partial charge < -0.3 is 19.5 Å². The number of phenols is 1. The van der Waals surface area contributed by atoms with Crippen molar-refractivity contribution in [1.82, 2.24) is 4.90 Å². The third-order valence-electron chi connectivity index (χ3n) is 3.20. The number of morpholine rings is 1. The zero-order valence-electron chi connectivity index (χ0n) is 12.1. The number of phenolic OH excluding ortho intramolecular Hbond substituents is 1. The van der Waals surface area contributed by atoms with Crippen LogP contribution in [0.1, 0.15) is 24.2 Å². The quantitative estimate of drug-likeness (QED) is 0.847. The van der Waals surface area contributed by atoms with Gasteiger partial charge in [-0.1, -0.05) is 0 Å². The van der Waals surface area contributed by atoms with Gasteiger partial charge in [-0.25, -0.2) is 4.79 Å².